The van der Waals surface area contributed by atoms with E-state index >= 15 is 0 Å². The van der Waals surface area contributed by atoms with Crippen molar-refractivity contribution in [3.8, 4) is 0 Å². The predicted molar refractivity (Wildman–Crippen MR) is 82.7 cm³/mol. The average Bonchev–Trinajstić information content (AvgIpc) is 2.92. The predicted octanol–water partition coefficient (Wildman–Crippen LogP) is 3.28. The van der Waals surface area contributed by atoms with Crippen LogP contribution in [0.25, 0.3) is 0 Å². The molecule has 4 heteroatoms. The molecular weight excluding hydrogens is 254 g/mol. The van der Waals surface area contributed by atoms with Crippen LogP contribution < -0.4 is 10.2 Å². The Balaban J connectivity index is 1.97. The molecule has 0 bridgehead atoms. The lowest BCUT2D eigenvalue weighted by molar-refractivity contribution is 0.664. The van der Waals surface area contributed by atoms with Gasteiger partial charge in [0.25, 0.3) is 0 Å². The van der Waals surface area contributed by atoms with E-state index in [1.54, 1.807) is 11.3 Å². The first-order valence-electron chi connectivity index (χ1n) is 6.67. The number of hydrogen-bond donors (Lipinski definition) is 1. The van der Waals surface area contributed by atoms with E-state index in [0.29, 0.717) is 0 Å². The third-order valence-electron chi connectivity index (χ3n) is 2.97. The van der Waals surface area contributed by atoms with Gasteiger partial charge < -0.3 is 10.2 Å². The minimum Gasteiger partial charge on any atom is -0.370 e. The number of hydrogen-bond acceptors (Lipinski definition) is 4. The first-order valence-corrected chi connectivity index (χ1v) is 7.61. The highest BCUT2D eigenvalue weighted by Crippen LogP contribution is 2.17. The second-order valence-corrected chi connectivity index (χ2v) is 5.45. The summed E-state index contributed by atoms with van der Waals surface area (Å²) in [6, 6.07) is 6.40. The van der Waals surface area contributed by atoms with Gasteiger partial charge in [0.1, 0.15) is 0 Å². The van der Waals surface area contributed by atoms with Gasteiger partial charge in [-0.15, -0.1) is 0 Å². The lowest BCUT2D eigenvalue weighted by Crippen LogP contribution is -2.18. The lowest BCUT2D eigenvalue weighted by atomic mass is 10.2. The average molecular weight is 275 g/mol. The number of nitrogens with zero attached hydrogens (tertiary/aromatic N) is 2. The molecule has 0 aliphatic rings. The van der Waals surface area contributed by atoms with Crippen LogP contribution in [-0.2, 0) is 13.1 Å². The van der Waals surface area contributed by atoms with E-state index in [1.165, 1.54) is 11.3 Å². The van der Waals surface area contributed by atoms with Crippen LogP contribution >= 0.6 is 11.3 Å². The van der Waals surface area contributed by atoms with Gasteiger partial charge in [-0.25, -0.2) is 0 Å². The van der Waals surface area contributed by atoms with E-state index in [0.717, 1.165) is 31.7 Å². The Hall–Kier alpha value is -1.39. The van der Waals surface area contributed by atoms with Crippen LogP contribution in [0, 0.1) is 0 Å². The van der Waals surface area contributed by atoms with Gasteiger partial charge in [0.05, 0.1) is 5.69 Å². The van der Waals surface area contributed by atoms with Crippen molar-refractivity contribution in [2.24, 2.45) is 0 Å². The molecule has 0 amide bonds. The summed E-state index contributed by atoms with van der Waals surface area (Å²) < 4.78 is 0. The molecule has 19 heavy (non-hydrogen) atoms. The summed E-state index contributed by atoms with van der Waals surface area (Å²) in [6.07, 6.45) is 3.04. The van der Waals surface area contributed by atoms with Gasteiger partial charge >= 0.3 is 0 Å². The molecule has 3 nitrogen and oxygen atoms in total. The molecule has 0 radical (unpaired) electrons. The SMILES string of the molecule is CCCNCc1cc(N(C)Cc2ccsc2)ccn1. The van der Waals surface area contributed by atoms with Gasteiger partial charge in [0.15, 0.2) is 0 Å². The number of thiophene rings is 1. The van der Waals surface area contributed by atoms with Crippen molar-refractivity contribution in [1.29, 1.82) is 0 Å². The summed E-state index contributed by atoms with van der Waals surface area (Å²) in [7, 11) is 2.12. The van der Waals surface area contributed by atoms with Crippen LogP contribution in [0.1, 0.15) is 24.6 Å². The highest BCUT2D eigenvalue weighted by molar-refractivity contribution is 7.07. The van der Waals surface area contributed by atoms with E-state index in [9.17, 15) is 0 Å². The summed E-state index contributed by atoms with van der Waals surface area (Å²) in [6.45, 7) is 4.99. The van der Waals surface area contributed by atoms with E-state index in [2.05, 4.69) is 58.1 Å². The Bertz CT molecular complexity index is 482. The molecule has 1 N–H and O–H groups in total. The molecule has 0 saturated carbocycles. The van der Waals surface area contributed by atoms with Crippen LogP contribution in [0.3, 0.4) is 0 Å². The van der Waals surface area contributed by atoms with Gasteiger partial charge in [-0.3, -0.25) is 4.98 Å². The molecule has 0 saturated heterocycles. The molecule has 0 unspecified atom stereocenters. The highest BCUT2D eigenvalue weighted by Gasteiger charge is 2.04. The van der Waals surface area contributed by atoms with E-state index in [-0.39, 0.29) is 0 Å². The Kier molecular flexibility index (Phi) is 5.36. The molecule has 2 aromatic heterocycles. The van der Waals surface area contributed by atoms with Gasteiger partial charge in [0, 0.05) is 32.0 Å². The maximum absolute atomic E-state index is 4.40. The highest BCUT2D eigenvalue weighted by atomic mass is 32.1. The Morgan fingerprint density at radius 2 is 2.26 bits per heavy atom. The largest absolute Gasteiger partial charge is 0.370 e. The smallest absolute Gasteiger partial charge is 0.0562 e. The van der Waals surface area contributed by atoms with Crippen molar-refractivity contribution in [2.45, 2.75) is 26.4 Å². The zero-order valence-electron chi connectivity index (χ0n) is 11.6. The zero-order valence-corrected chi connectivity index (χ0v) is 12.4. The van der Waals surface area contributed by atoms with Crippen molar-refractivity contribution in [3.63, 3.8) is 0 Å². The minimum absolute atomic E-state index is 0.841. The summed E-state index contributed by atoms with van der Waals surface area (Å²) in [4.78, 5) is 6.66. The molecule has 0 aliphatic heterocycles. The van der Waals surface area contributed by atoms with Crippen LogP contribution in [0.5, 0.6) is 0 Å². The van der Waals surface area contributed by atoms with Crippen molar-refractivity contribution in [3.05, 3.63) is 46.4 Å². The third kappa shape index (κ3) is 4.33. The molecule has 0 spiro atoms. The normalized spacial score (nSPS) is 10.6. The van der Waals surface area contributed by atoms with Crippen LogP contribution in [0.4, 0.5) is 5.69 Å². The van der Waals surface area contributed by atoms with E-state index in [1.807, 2.05) is 6.20 Å². The molecule has 0 fully saturated rings. The Morgan fingerprint density at radius 3 is 3.00 bits per heavy atom. The van der Waals surface area contributed by atoms with Crippen molar-refractivity contribution in [2.75, 3.05) is 18.5 Å². The first kappa shape index (κ1) is 14.0. The van der Waals surface area contributed by atoms with Crippen molar-refractivity contribution < 1.29 is 0 Å². The van der Waals surface area contributed by atoms with E-state index in [4.69, 9.17) is 0 Å². The minimum atomic E-state index is 0.841. The number of nitrogens with one attached hydrogen (secondary N) is 1. The summed E-state index contributed by atoms with van der Waals surface area (Å²) in [5.74, 6) is 0. The topological polar surface area (TPSA) is 28.2 Å². The van der Waals surface area contributed by atoms with Crippen LogP contribution in [-0.4, -0.2) is 18.6 Å². The number of pyridine rings is 1. The molecule has 2 heterocycles. The second kappa shape index (κ2) is 7.26. The van der Waals surface area contributed by atoms with E-state index < -0.39 is 0 Å². The van der Waals surface area contributed by atoms with Crippen LogP contribution in [0.2, 0.25) is 0 Å². The molecule has 102 valence electrons. The monoisotopic (exact) mass is 275 g/mol. The fraction of sp³-hybridized carbons (Fsp3) is 0.400. The maximum Gasteiger partial charge on any atom is 0.0562 e. The molecule has 2 rings (SSSR count). The van der Waals surface area contributed by atoms with Gasteiger partial charge in [0.2, 0.25) is 0 Å². The Labute approximate surface area is 119 Å². The zero-order chi connectivity index (χ0) is 13.5. The lowest BCUT2D eigenvalue weighted by Gasteiger charge is -2.19. The molecule has 0 aliphatic carbocycles. The first-order chi connectivity index (χ1) is 9.29. The molecule has 0 aromatic carbocycles. The van der Waals surface area contributed by atoms with Gasteiger partial charge in [-0.05, 0) is 47.5 Å². The Morgan fingerprint density at radius 1 is 1.37 bits per heavy atom. The summed E-state index contributed by atoms with van der Waals surface area (Å²) >= 11 is 1.74. The summed E-state index contributed by atoms with van der Waals surface area (Å²) in [5.41, 5.74) is 3.67. The van der Waals surface area contributed by atoms with Crippen molar-refractivity contribution >= 4 is 17.0 Å². The number of rotatable bonds is 7. The van der Waals surface area contributed by atoms with Gasteiger partial charge in [-0.1, -0.05) is 6.92 Å². The van der Waals surface area contributed by atoms with Gasteiger partial charge in [-0.2, -0.15) is 11.3 Å². The second-order valence-electron chi connectivity index (χ2n) is 4.67. The van der Waals surface area contributed by atoms with Crippen molar-refractivity contribution in [1.82, 2.24) is 10.3 Å². The third-order valence-corrected chi connectivity index (χ3v) is 3.71. The number of anilines is 1. The molecular formula is C15H21N3S. The fourth-order valence-electron chi connectivity index (χ4n) is 1.94. The molecule has 2 aromatic rings. The molecule has 0 atom stereocenters. The van der Waals surface area contributed by atoms with Crippen LogP contribution in [0.15, 0.2) is 35.2 Å². The quantitative estimate of drug-likeness (QED) is 0.786. The summed E-state index contributed by atoms with van der Waals surface area (Å²) in [5, 5.41) is 7.70. The maximum atomic E-state index is 4.40. The number of aromatic nitrogens is 1. The fourth-order valence-corrected chi connectivity index (χ4v) is 2.60. The standard InChI is InChI=1S/C15H21N3S/c1-3-6-16-10-14-9-15(4-7-17-14)18(2)11-13-5-8-19-12-13/h4-5,7-9,12,16H,3,6,10-11H2,1-2H3.